The van der Waals surface area contributed by atoms with Crippen LogP contribution in [0.2, 0.25) is 0 Å². The van der Waals surface area contributed by atoms with Crippen molar-refractivity contribution in [3.8, 4) is 11.4 Å². The molecule has 170 valence electrons. The molecule has 4 rings (SSSR count). The van der Waals surface area contributed by atoms with Crippen molar-refractivity contribution in [3.63, 3.8) is 0 Å². The van der Waals surface area contributed by atoms with Crippen molar-refractivity contribution in [1.29, 1.82) is 0 Å². The van der Waals surface area contributed by atoms with E-state index < -0.39 is 15.9 Å². The minimum Gasteiger partial charge on any atom is -0.379 e. The van der Waals surface area contributed by atoms with Crippen LogP contribution in [0.25, 0.3) is 11.4 Å². The second-order valence-electron chi connectivity index (χ2n) is 8.34. The Morgan fingerprint density at radius 3 is 2.44 bits per heavy atom. The monoisotopic (exact) mass is 476 g/mol. The maximum absolute atomic E-state index is 13.0. The second-order valence-corrected chi connectivity index (χ2v) is 11.2. The van der Waals surface area contributed by atoms with Gasteiger partial charge >= 0.3 is 0 Å². The van der Waals surface area contributed by atoms with Gasteiger partial charge in [-0.15, -0.1) is 11.3 Å². The van der Waals surface area contributed by atoms with Crippen LogP contribution < -0.4 is 5.32 Å². The number of sulfonamides is 1. The molecule has 0 unspecified atom stereocenters. The first kappa shape index (κ1) is 22.6. The van der Waals surface area contributed by atoms with Crippen LogP contribution in [0.4, 0.5) is 5.69 Å². The van der Waals surface area contributed by atoms with Crippen molar-refractivity contribution in [2.45, 2.75) is 31.1 Å². The van der Waals surface area contributed by atoms with Crippen LogP contribution in [0.3, 0.4) is 0 Å². The van der Waals surface area contributed by atoms with Crippen molar-refractivity contribution in [2.75, 3.05) is 31.6 Å². The molecule has 0 atom stereocenters. The van der Waals surface area contributed by atoms with Gasteiger partial charge in [-0.25, -0.2) is 8.42 Å². The number of benzene rings is 1. The van der Waals surface area contributed by atoms with Gasteiger partial charge in [0.1, 0.15) is 9.77 Å². The average molecular weight is 477 g/mol. The van der Waals surface area contributed by atoms with Crippen LogP contribution in [-0.4, -0.2) is 55.1 Å². The van der Waals surface area contributed by atoms with Gasteiger partial charge in [0.15, 0.2) is 0 Å². The number of ether oxygens (including phenoxy) is 1. The summed E-state index contributed by atoms with van der Waals surface area (Å²) in [6.45, 7) is 7.19. The summed E-state index contributed by atoms with van der Waals surface area (Å²) in [5, 5.41) is 8.39. The van der Waals surface area contributed by atoms with Crippen LogP contribution in [-0.2, 0) is 20.2 Å². The quantitative estimate of drug-likeness (QED) is 0.600. The second kappa shape index (κ2) is 8.74. The molecule has 9 nitrogen and oxygen atoms in total. The van der Waals surface area contributed by atoms with E-state index in [-0.39, 0.29) is 28.3 Å². The Kier molecular flexibility index (Phi) is 6.17. The number of nitrogens with zero attached hydrogens (tertiary/aromatic N) is 3. The predicted octanol–water partition coefficient (Wildman–Crippen LogP) is 3.37. The first-order chi connectivity index (χ1) is 15.2. The summed E-state index contributed by atoms with van der Waals surface area (Å²) in [5.41, 5.74) is 1.02. The maximum atomic E-state index is 13.0. The number of thiophene rings is 1. The number of nitrogens with one attached hydrogen (secondary N) is 1. The van der Waals surface area contributed by atoms with Gasteiger partial charge in [0.25, 0.3) is 5.91 Å². The molecule has 1 aliphatic heterocycles. The predicted molar refractivity (Wildman–Crippen MR) is 120 cm³/mol. The molecular weight excluding hydrogens is 452 g/mol. The fraction of sp³-hybridized carbons (Fsp3) is 0.381. The van der Waals surface area contributed by atoms with Gasteiger partial charge in [0.05, 0.1) is 13.2 Å². The molecule has 11 heteroatoms. The van der Waals surface area contributed by atoms with Crippen molar-refractivity contribution in [1.82, 2.24) is 14.4 Å². The summed E-state index contributed by atoms with van der Waals surface area (Å²) < 4.78 is 37.9. The highest BCUT2D eigenvalue weighted by molar-refractivity contribution is 7.89. The lowest BCUT2D eigenvalue weighted by molar-refractivity contribution is 0.0730. The minimum absolute atomic E-state index is 0.0139. The third-order valence-electron chi connectivity index (χ3n) is 4.89. The number of hydrogen-bond donors (Lipinski definition) is 1. The standard InChI is InChI=1S/C21H24N4O5S2/c1-21(2,3)20-23-18(24-30-20)14-4-6-15(7-5-14)22-19(26)17-16(8-13-31-17)32(27,28)25-9-11-29-12-10-25/h4-8,13H,9-12H2,1-3H3,(H,22,26). The van der Waals surface area contributed by atoms with Gasteiger partial charge in [-0.1, -0.05) is 25.9 Å². The molecule has 0 saturated carbocycles. The molecule has 1 N–H and O–H groups in total. The first-order valence-electron chi connectivity index (χ1n) is 10.1. The van der Waals surface area contributed by atoms with Gasteiger partial charge in [0.2, 0.25) is 21.7 Å². The van der Waals surface area contributed by atoms with Gasteiger partial charge < -0.3 is 14.6 Å². The van der Waals surface area contributed by atoms with E-state index in [1.807, 2.05) is 20.8 Å². The minimum atomic E-state index is -3.76. The van der Waals surface area contributed by atoms with Gasteiger partial charge in [-0.05, 0) is 35.7 Å². The zero-order valence-corrected chi connectivity index (χ0v) is 19.6. The Hall–Kier alpha value is -2.60. The Morgan fingerprint density at radius 1 is 1.12 bits per heavy atom. The van der Waals surface area contributed by atoms with E-state index >= 15 is 0 Å². The highest BCUT2D eigenvalue weighted by Crippen LogP contribution is 2.28. The van der Waals surface area contributed by atoms with E-state index in [0.717, 1.165) is 16.9 Å². The van der Waals surface area contributed by atoms with Gasteiger partial charge in [0, 0.05) is 29.8 Å². The molecule has 1 amide bonds. The number of amides is 1. The number of morpholine rings is 1. The SMILES string of the molecule is CC(C)(C)c1nc(-c2ccc(NC(=O)c3sccc3S(=O)(=O)N3CCOCC3)cc2)no1. The number of anilines is 1. The van der Waals surface area contributed by atoms with Crippen molar-refractivity contribution in [3.05, 3.63) is 46.5 Å². The number of rotatable bonds is 5. The van der Waals surface area contributed by atoms with E-state index in [0.29, 0.717) is 30.6 Å². The summed E-state index contributed by atoms with van der Waals surface area (Å²) in [7, 11) is -3.76. The van der Waals surface area contributed by atoms with Crippen LogP contribution >= 0.6 is 11.3 Å². The van der Waals surface area contributed by atoms with Crippen LogP contribution in [0.15, 0.2) is 45.1 Å². The number of hydrogen-bond acceptors (Lipinski definition) is 8. The molecule has 32 heavy (non-hydrogen) atoms. The van der Waals surface area contributed by atoms with Crippen molar-refractivity contribution >= 4 is 33.0 Å². The Morgan fingerprint density at radius 2 is 1.81 bits per heavy atom. The van der Waals surface area contributed by atoms with Crippen LogP contribution in [0.5, 0.6) is 0 Å². The van der Waals surface area contributed by atoms with E-state index in [9.17, 15) is 13.2 Å². The van der Waals surface area contributed by atoms with E-state index in [4.69, 9.17) is 9.26 Å². The highest BCUT2D eigenvalue weighted by atomic mass is 32.2. The lowest BCUT2D eigenvalue weighted by Crippen LogP contribution is -2.41. The fourth-order valence-electron chi connectivity index (χ4n) is 3.13. The molecule has 3 heterocycles. The Balaban J connectivity index is 1.50. The van der Waals surface area contributed by atoms with Crippen molar-refractivity contribution < 1.29 is 22.5 Å². The average Bonchev–Trinajstić information content (AvgIpc) is 3.45. The lowest BCUT2D eigenvalue weighted by atomic mass is 9.97. The zero-order valence-electron chi connectivity index (χ0n) is 18.0. The van der Waals surface area contributed by atoms with Crippen molar-refractivity contribution in [2.24, 2.45) is 0 Å². The maximum Gasteiger partial charge on any atom is 0.267 e. The van der Waals surface area contributed by atoms with E-state index in [1.165, 1.54) is 10.4 Å². The van der Waals surface area contributed by atoms with E-state index in [2.05, 4.69) is 15.5 Å². The summed E-state index contributed by atoms with van der Waals surface area (Å²) in [6, 6.07) is 8.43. The molecule has 2 aromatic heterocycles. The number of aromatic nitrogens is 2. The smallest absolute Gasteiger partial charge is 0.267 e. The molecule has 3 aromatic rings. The highest BCUT2D eigenvalue weighted by Gasteiger charge is 2.31. The normalized spacial score (nSPS) is 15.6. The Labute approximate surface area is 190 Å². The van der Waals surface area contributed by atoms with Crippen LogP contribution in [0.1, 0.15) is 36.3 Å². The first-order valence-corrected chi connectivity index (χ1v) is 12.4. The molecule has 0 spiro atoms. The molecule has 1 aromatic carbocycles. The lowest BCUT2D eigenvalue weighted by Gasteiger charge is -2.26. The zero-order chi connectivity index (χ0) is 22.9. The molecule has 0 radical (unpaired) electrons. The molecular formula is C21H24N4O5S2. The largest absolute Gasteiger partial charge is 0.379 e. The molecule has 0 aliphatic carbocycles. The molecule has 1 saturated heterocycles. The number of carbonyl (C=O) groups excluding carboxylic acids is 1. The summed E-state index contributed by atoms with van der Waals surface area (Å²) in [4.78, 5) is 17.4. The van der Waals surface area contributed by atoms with Gasteiger partial charge in [-0.2, -0.15) is 9.29 Å². The van der Waals surface area contributed by atoms with E-state index in [1.54, 1.807) is 29.6 Å². The third-order valence-corrected chi connectivity index (χ3v) is 7.88. The molecule has 1 aliphatic rings. The van der Waals surface area contributed by atoms with Crippen LogP contribution in [0, 0.1) is 0 Å². The Bertz CT molecular complexity index is 1200. The third kappa shape index (κ3) is 4.60. The van der Waals surface area contributed by atoms with Gasteiger partial charge in [-0.3, -0.25) is 4.79 Å². The summed E-state index contributed by atoms with van der Waals surface area (Å²) in [5.74, 6) is 0.524. The molecule has 0 bridgehead atoms. The molecule has 1 fully saturated rings. The number of carbonyl (C=O) groups is 1. The summed E-state index contributed by atoms with van der Waals surface area (Å²) >= 11 is 1.09. The topological polar surface area (TPSA) is 115 Å². The fourth-order valence-corrected chi connectivity index (χ4v) is 5.83. The summed E-state index contributed by atoms with van der Waals surface area (Å²) in [6.07, 6.45) is 0.